The quantitative estimate of drug-likeness (QED) is 0.749. The highest BCUT2D eigenvalue weighted by molar-refractivity contribution is 5.90. The van der Waals surface area contributed by atoms with E-state index in [1.54, 1.807) is 11.4 Å². The predicted molar refractivity (Wildman–Crippen MR) is 81.1 cm³/mol. The predicted octanol–water partition coefficient (Wildman–Crippen LogP) is 2.34. The van der Waals surface area contributed by atoms with Gasteiger partial charge in [-0.25, -0.2) is 9.78 Å². The van der Waals surface area contributed by atoms with E-state index in [9.17, 15) is 18.0 Å². The number of hydrogen-bond donors (Lipinski definition) is 2. The Bertz CT molecular complexity index is 901. The molecule has 8 nitrogen and oxygen atoms in total. The van der Waals surface area contributed by atoms with Crippen LogP contribution in [0, 0.1) is 0 Å². The lowest BCUT2D eigenvalue weighted by molar-refractivity contribution is -0.122. The van der Waals surface area contributed by atoms with Gasteiger partial charge in [0.25, 0.3) is 6.01 Å². The molecule has 0 aromatic carbocycles. The van der Waals surface area contributed by atoms with Gasteiger partial charge in [0.15, 0.2) is 5.65 Å². The molecule has 0 aliphatic rings. The number of nitrogens with zero attached hydrogens (tertiary/aromatic N) is 4. The van der Waals surface area contributed by atoms with E-state index in [2.05, 4.69) is 20.1 Å². The van der Waals surface area contributed by atoms with Crippen molar-refractivity contribution in [1.29, 1.82) is 0 Å². The van der Waals surface area contributed by atoms with Gasteiger partial charge in [0.2, 0.25) is 0 Å². The van der Waals surface area contributed by atoms with Crippen LogP contribution in [0.25, 0.3) is 22.3 Å². The van der Waals surface area contributed by atoms with Crippen LogP contribution < -0.4 is 10.1 Å². The van der Waals surface area contributed by atoms with E-state index in [1.807, 2.05) is 6.92 Å². The maximum atomic E-state index is 12.2. The van der Waals surface area contributed by atoms with Crippen LogP contribution in [0.3, 0.4) is 0 Å². The second kappa shape index (κ2) is 6.42. The summed E-state index contributed by atoms with van der Waals surface area (Å²) in [6.07, 6.45) is -0.283. The Labute approximate surface area is 139 Å². The fourth-order valence-electron chi connectivity index (χ4n) is 2.17. The number of imidazole rings is 1. The van der Waals surface area contributed by atoms with Crippen LogP contribution in [0.2, 0.25) is 0 Å². The van der Waals surface area contributed by atoms with Crippen LogP contribution >= 0.6 is 0 Å². The van der Waals surface area contributed by atoms with Gasteiger partial charge in [-0.05, 0) is 13.0 Å². The van der Waals surface area contributed by atoms with Crippen molar-refractivity contribution < 1.29 is 22.7 Å². The van der Waals surface area contributed by atoms with Gasteiger partial charge in [-0.15, -0.1) is 0 Å². The molecule has 0 radical (unpaired) electrons. The van der Waals surface area contributed by atoms with Gasteiger partial charge in [0, 0.05) is 23.5 Å². The lowest BCUT2D eigenvalue weighted by atomic mass is 10.1. The highest BCUT2D eigenvalue weighted by Gasteiger charge is 2.28. The van der Waals surface area contributed by atoms with Crippen molar-refractivity contribution in [3.05, 3.63) is 24.7 Å². The van der Waals surface area contributed by atoms with Gasteiger partial charge in [-0.3, -0.25) is 0 Å². The molecule has 0 atom stereocenters. The highest BCUT2D eigenvalue weighted by atomic mass is 19.4. The minimum absolute atomic E-state index is 0.299. The van der Waals surface area contributed by atoms with Gasteiger partial charge in [0.05, 0.1) is 18.3 Å². The van der Waals surface area contributed by atoms with Gasteiger partial charge in [-0.1, -0.05) is 0 Å². The maximum absolute atomic E-state index is 12.2. The average Bonchev–Trinajstić information content (AvgIpc) is 3.18. The molecule has 11 heteroatoms. The molecule has 3 aromatic heterocycles. The van der Waals surface area contributed by atoms with Crippen LogP contribution in [0.15, 0.2) is 24.7 Å². The molecule has 25 heavy (non-hydrogen) atoms. The molecular formula is C14H13F3N6O2. The first-order valence-corrected chi connectivity index (χ1v) is 7.25. The van der Waals surface area contributed by atoms with Crippen molar-refractivity contribution in [2.45, 2.75) is 13.1 Å². The summed E-state index contributed by atoms with van der Waals surface area (Å²) in [5, 5.41) is 5.54. The first-order valence-electron chi connectivity index (χ1n) is 7.25. The monoisotopic (exact) mass is 354 g/mol. The lowest BCUT2D eigenvalue weighted by Gasteiger charge is -2.07. The number of pyridine rings is 1. The molecule has 3 aromatic rings. The molecule has 0 aliphatic carbocycles. The summed E-state index contributed by atoms with van der Waals surface area (Å²) < 4.78 is 42.6. The Balaban J connectivity index is 1.87. The largest absolute Gasteiger partial charge is 0.465 e. The summed E-state index contributed by atoms with van der Waals surface area (Å²) in [4.78, 5) is 23.0. The molecule has 1 amide bonds. The van der Waals surface area contributed by atoms with E-state index in [0.717, 1.165) is 4.68 Å². The Morgan fingerprint density at radius 1 is 1.44 bits per heavy atom. The minimum Gasteiger partial charge on any atom is -0.465 e. The average molecular weight is 354 g/mol. The Morgan fingerprint density at radius 3 is 2.96 bits per heavy atom. The SMILES string of the molecule is CCOc1nc2nccc(-c3cnn(C(=O)NCC(F)(F)F)c3)c2[nH]1. The first-order chi connectivity index (χ1) is 11.9. The van der Waals surface area contributed by atoms with E-state index in [1.165, 1.54) is 18.6 Å². The molecule has 3 rings (SSSR count). The molecule has 0 unspecified atom stereocenters. The third kappa shape index (κ3) is 3.70. The van der Waals surface area contributed by atoms with E-state index >= 15 is 0 Å². The first kappa shape index (κ1) is 16.7. The van der Waals surface area contributed by atoms with Crippen molar-refractivity contribution in [3.8, 4) is 17.1 Å². The summed E-state index contributed by atoms with van der Waals surface area (Å²) in [5.74, 6) is 0. The number of fused-ring (bicyclic) bond motifs is 1. The number of nitrogens with one attached hydrogen (secondary N) is 2. The molecule has 0 aliphatic heterocycles. The summed E-state index contributed by atoms with van der Waals surface area (Å²) in [6.45, 7) is 0.802. The summed E-state index contributed by atoms with van der Waals surface area (Å²) >= 11 is 0. The summed E-state index contributed by atoms with van der Waals surface area (Å²) in [6, 6.07) is 0.992. The Morgan fingerprint density at radius 2 is 2.24 bits per heavy atom. The second-order valence-corrected chi connectivity index (χ2v) is 4.98. The number of halogens is 3. The molecule has 2 N–H and O–H groups in total. The summed E-state index contributed by atoms with van der Waals surface area (Å²) in [5.41, 5.74) is 2.14. The van der Waals surface area contributed by atoms with Crippen LogP contribution in [0.4, 0.5) is 18.0 Å². The molecule has 132 valence electrons. The number of ether oxygens (including phenoxy) is 1. The molecule has 0 saturated heterocycles. The van der Waals surface area contributed by atoms with Crippen molar-refractivity contribution >= 4 is 17.2 Å². The number of hydrogen-bond acceptors (Lipinski definition) is 5. The van der Waals surface area contributed by atoms with Crippen molar-refractivity contribution in [2.24, 2.45) is 0 Å². The fourth-order valence-corrected chi connectivity index (χ4v) is 2.17. The second-order valence-electron chi connectivity index (χ2n) is 4.98. The molecule has 3 heterocycles. The minimum atomic E-state index is -4.49. The van der Waals surface area contributed by atoms with Crippen LogP contribution in [-0.4, -0.2) is 50.1 Å². The van der Waals surface area contributed by atoms with Crippen molar-refractivity contribution in [1.82, 2.24) is 30.0 Å². The number of aromatic nitrogens is 5. The zero-order chi connectivity index (χ0) is 18.0. The Hall–Kier alpha value is -3.11. The smallest absolute Gasteiger partial charge is 0.405 e. The van der Waals surface area contributed by atoms with Crippen LogP contribution in [-0.2, 0) is 0 Å². The van der Waals surface area contributed by atoms with Gasteiger partial charge >= 0.3 is 12.2 Å². The number of aromatic amines is 1. The van der Waals surface area contributed by atoms with Gasteiger partial charge in [0.1, 0.15) is 6.54 Å². The fraction of sp³-hybridized carbons (Fsp3) is 0.286. The zero-order valence-electron chi connectivity index (χ0n) is 13.0. The maximum Gasteiger partial charge on any atom is 0.405 e. The number of alkyl halides is 3. The number of amides is 1. The van der Waals surface area contributed by atoms with Crippen LogP contribution in [0.5, 0.6) is 6.01 Å². The molecular weight excluding hydrogens is 341 g/mol. The third-order valence-electron chi connectivity index (χ3n) is 3.19. The topological polar surface area (TPSA) is 97.7 Å². The number of carbonyl (C=O) groups excluding carboxylic acids is 1. The molecule has 0 saturated carbocycles. The summed E-state index contributed by atoms with van der Waals surface area (Å²) in [7, 11) is 0. The normalized spacial score (nSPS) is 11.7. The van der Waals surface area contributed by atoms with E-state index in [4.69, 9.17) is 4.74 Å². The molecule has 0 bridgehead atoms. The number of H-pyrrole nitrogens is 1. The lowest BCUT2D eigenvalue weighted by Crippen LogP contribution is -2.36. The van der Waals surface area contributed by atoms with Gasteiger partial charge < -0.3 is 15.0 Å². The standard InChI is InChI=1S/C14H13F3N6O2/c1-2-25-12-21-10-9(3-4-18-11(10)22-12)8-5-20-23(6-8)13(24)19-7-14(15,16)17/h3-6H,2,7H2,1H3,(H,19,24)(H,18,21,22). The van der Waals surface area contributed by atoms with Crippen molar-refractivity contribution in [2.75, 3.05) is 13.2 Å². The van der Waals surface area contributed by atoms with Gasteiger partial charge in [-0.2, -0.15) is 27.9 Å². The van der Waals surface area contributed by atoms with E-state index in [0.29, 0.717) is 34.9 Å². The Kier molecular flexibility index (Phi) is 4.30. The zero-order valence-corrected chi connectivity index (χ0v) is 13.0. The van der Waals surface area contributed by atoms with Crippen LogP contribution in [0.1, 0.15) is 6.92 Å². The molecule has 0 spiro atoms. The number of rotatable bonds is 4. The van der Waals surface area contributed by atoms with E-state index in [-0.39, 0.29) is 0 Å². The molecule has 0 fully saturated rings. The third-order valence-corrected chi connectivity index (χ3v) is 3.19. The highest BCUT2D eigenvalue weighted by Crippen LogP contribution is 2.27. The number of carbonyl (C=O) groups is 1. The van der Waals surface area contributed by atoms with E-state index < -0.39 is 18.8 Å². The van der Waals surface area contributed by atoms with Crippen molar-refractivity contribution in [3.63, 3.8) is 0 Å².